The average Bonchev–Trinajstić information content (AvgIpc) is 2.98. The number of nitrogens with zero attached hydrogens (tertiary/aromatic N) is 3. The Morgan fingerprint density at radius 1 is 1.09 bits per heavy atom. The fourth-order valence-electron chi connectivity index (χ4n) is 4.47. The molecule has 1 unspecified atom stereocenters. The van der Waals surface area contributed by atoms with Crippen LogP contribution >= 0.6 is 0 Å². The van der Waals surface area contributed by atoms with Crippen molar-refractivity contribution in [2.45, 2.75) is 38.7 Å². The normalized spacial score (nSPS) is 20.5. The van der Waals surface area contributed by atoms with Crippen LogP contribution in [-0.2, 0) is 27.4 Å². The number of hydrogen-bond acceptors (Lipinski definition) is 6. The van der Waals surface area contributed by atoms with Crippen LogP contribution in [0.4, 0.5) is 8.78 Å². The molecular weight excluding hydrogens is 444 g/mol. The third-order valence-corrected chi connectivity index (χ3v) is 6.23. The minimum Gasteiger partial charge on any atom is -0.434 e. The van der Waals surface area contributed by atoms with Gasteiger partial charge in [0.05, 0.1) is 19.3 Å². The largest absolute Gasteiger partial charge is 0.434 e. The molecule has 0 aliphatic carbocycles. The first kappa shape index (κ1) is 24.5. The van der Waals surface area contributed by atoms with Crippen molar-refractivity contribution < 1.29 is 27.8 Å². The van der Waals surface area contributed by atoms with E-state index in [0.29, 0.717) is 44.3 Å². The fraction of sp³-hybridized carbons (Fsp3) is 0.520. The summed E-state index contributed by atoms with van der Waals surface area (Å²) < 4.78 is 42.1. The minimum absolute atomic E-state index is 0.0220. The van der Waals surface area contributed by atoms with E-state index < -0.39 is 6.61 Å². The molecule has 0 bridgehead atoms. The summed E-state index contributed by atoms with van der Waals surface area (Å²) in [7, 11) is 0. The van der Waals surface area contributed by atoms with Crippen molar-refractivity contribution in [3.63, 3.8) is 0 Å². The number of para-hydroxylation sites is 1. The van der Waals surface area contributed by atoms with E-state index >= 15 is 0 Å². The van der Waals surface area contributed by atoms with E-state index in [9.17, 15) is 13.6 Å². The zero-order chi connectivity index (χ0) is 23.8. The number of carbonyl (C=O) groups excluding carboxylic acids is 1. The van der Waals surface area contributed by atoms with Crippen LogP contribution in [0.3, 0.4) is 0 Å². The summed E-state index contributed by atoms with van der Waals surface area (Å²) in [6, 6.07) is 10.5. The number of aromatic nitrogens is 1. The topological polar surface area (TPSA) is 64.1 Å². The van der Waals surface area contributed by atoms with Gasteiger partial charge in [0, 0.05) is 57.3 Å². The van der Waals surface area contributed by atoms with Crippen molar-refractivity contribution in [2.24, 2.45) is 5.92 Å². The van der Waals surface area contributed by atoms with Gasteiger partial charge in [0.2, 0.25) is 5.91 Å². The smallest absolute Gasteiger partial charge is 0.387 e. The van der Waals surface area contributed by atoms with Gasteiger partial charge in [0.25, 0.3) is 0 Å². The summed E-state index contributed by atoms with van der Waals surface area (Å²) in [5, 5.41) is 0. The van der Waals surface area contributed by atoms with Crippen molar-refractivity contribution in [3.8, 4) is 5.75 Å². The molecular formula is C25H31F2N3O4. The number of amides is 1. The molecule has 1 aromatic carbocycles. The van der Waals surface area contributed by atoms with Crippen molar-refractivity contribution >= 4 is 5.91 Å². The number of carbonyl (C=O) groups is 1. The SMILES string of the molecule is O=C1CN(Cc2ccccc2OC(F)F)CC(OCc2ccncc2)CN1CC1CCOCC1. The molecule has 7 nitrogen and oxygen atoms in total. The summed E-state index contributed by atoms with van der Waals surface area (Å²) in [5.74, 6) is 0.557. The van der Waals surface area contributed by atoms with Gasteiger partial charge < -0.3 is 19.1 Å². The lowest BCUT2D eigenvalue weighted by Crippen LogP contribution is -2.42. The van der Waals surface area contributed by atoms with Gasteiger partial charge in [0.1, 0.15) is 5.75 Å². The summed E-state index contributed by atoms with van der Waals surface area (Å²) in [5.41, 5.74) is 1.62. The van der Waals surface area contributed by atoms with E-state index in [1.54, 1.807) is 30.6 Å². The molecule has 0 saturated carbocycles. The number of benzene rings is 1. The van der Waals surface area contributed by atoms with Gasteiger partial charge in [-0.2, -0.15) is 8.78 Å². The van der Waals surface area contributed by atoms with E-state index in [1.807, 2.05) is 21.9 Å². The van der Waals surface area contributed by atoms with Gasteiger partial charge in [-0.25, -0.2) is 0 Å². The average molecular weight is 476 g/mol. The fourth-order valence-corrected chi connectivity index (χ4v) is 4.47. The number of alkyl halides is 2. The Bertz CT molecular complexity index is 912. The molecule has 3 heterocycles. The molecule has 2 saturated heterocycles. The van der Waals surface area contributed by atoms with Gasteiger partial charge in [-0.15, -0.1) is 0 Å². The molecule has 0 N–H and O–H groups in total. The highest BCUT2D eigenvalue weighted by Gasteiger charge is 2.31. The van der Waals surface area contributed by atoms with Crippen LogP contribution in [0.1, 0.15) is 24.0 Å². The highest BCUT2D eigenvalue weighted by Crippen LogP contribution is 2.24. The van der Waals surface area contributed by atoms with Crippen molar-refractivity contribution in [1.29, 1.82) is 0 Å². The first-order valence-electron chi connectivity index (χ1n) is 11.7. The number of halogens is 2. The standard InChI is InChI=1S/C25H31F2N3O4/c26-25(27)34-23-4-2-1-3-21(23)14-29-15-22(33-18-20-5-9-28-10-6-20)16-30(24(31)17-29)13-19-7-11-32-12-8-19/h1-6,9-10,19,22,25H,7-8,11-18H2. The second kappa shape index (κ2) is 12.2. The van der Waals surface area contributed by atoms with Crippen LogP contribution in [0.5, 0.6) is 5.75 Å². The number of pyridine rings is 1. The summed E-state index contributed by atoms with van der Waals surface area (Å²) in [6.07, 6.45) is 5.10. The van der Waals surface area contributed by atoms with Crippen molar-refractivity contribution in [1.82, 2.24) is 14.8 Å². The maximum Gasteiger partial charge on any atom is 0.387 e. The predicted molar refractivity (Wildman–Crippen MR) is 121 cm³/mol. The third kappa shape index (κ3) is 7.19. The first-order valence-corrected chi connectivity index (χ1v) is 11.7. The van der Waals surface area contributed by atoms with E-state index in [2.05, 4.69) is 4.98 Å². The molecule has 34 heavy (non-hydrogen) atoms. The molecule has 2 aromatic rings. The lowest BCUT2D eigenvalue weighted by molar-refractivity contribution is -0.133. The Balaban J connectivity index is 1.47. The second-order valence-electron chi connectivity index (χ2n) is 8.80. The van der Waals surface area contributed by atoms with Crippen LogP contribution in [0, 0.1) is 5.92 Å². The van der Waals surface area contributed by atoms with Gasteiger partial charge in [0.15, 0.2) is 0 Å². The zero-order valence-corrected chi connectivity index (χ0v) is 19.2. The summed E-state index contributed by atoms with van der Waals surface area (Å²) in [6.45, 7) is 1.14. The molecule has 9 heteroatoms. The van der Waals surface area contributed by atoms with E-state index in [4.69, 9.17) is 14.2 Å². The Hall–Kier alpha value is -2.62. The lowest BCUT2D eigenvalue weighted by Gasteiger charge is -2.30. The molecule has 4 rings (SSSR count). The maximum atomic E-state index is 13.2. The van der Waals surface area contributed by atoms with Gasteiger partial charge in [-0.3, -0.25) is 14.7 Å². The molecule has 0 spiro atoms. The molecule has 1 atom stereocenters. The molecule has 0 radical (unpaired) electrons. The van der Waals surface area contributed by atoms with Crippen LogP contribution < -0.4 is 4.74 Å². The molecule has 1 amide bonds. The number of rotatable bonds is 9. The van der Waals surface area contributed by atoms with E-state index in [1.165, 1.54) is 6.07 Å². The van der Waals surface area contributed by atoms with Gasteiger partial charge in [-0.05, 0) is 42.5 Å². The molecule has 184 valence electrons. The minimum atomic E-state index is -2.90. The summed E-state index contributed by atoms with van der Waals surface area (Å²) in [4.78, 5) is 21.1. The highest BCUT2D eigenvalue weighted by atomic mass is 19.3. The van der Waals surface area contributed by atoms with Crippen LogP contribution in [-0.4, -0.2) is 72.8 Å². The Labute approximate surface area is 198 Å². The molecule has 2 aliphatic rings. The van der Waals surface area contributed by atoms with E-state index in [0.717, 1.165) is 31.6 Å². The lowest BCUT2D eigenvalue weighted by atomic mass is 9.99. The monoisotopic (exact) mass is 475 g/mol. The zero-order valence-electron chi connectivity index (χ0n) is 19.2. The highest BCUT2D eigenvalue weighted by molar-refractivity contribution is 5.78. The number of hydrogen-bond donors (Lipinski definition) is 0. The Kier molecular flexibility index (Phi) is 8.79. The van der Waals surface area contributed by atoms with Crippen molar-refractivity contribution in [2.75, 3.05) is 39.4 Å². The van der Waals surface area contributed by atoms with Crippen LogP contribution in [0.2, 0.25) is 0 Å². The third-order valence-electron chi connectivity index (χ3n) is 6.23. The Morgan fingerprint density at radius 2 is 1.85 bits per heavy atom. The van der Waals surface area contributed by atoms with E-state index in [-0.39, 0.29) is 24.3 Å². The molecule has 2 fully saturated rings. The maximum absolute atomic E-state index is 13.2. The van der Waals surface area contributed by atoms with Crippen LogP contribution in [0.25, 0.3) is 0 Å². The quantitative estimate of drug-likeness (QED) is 0.555. The van der Waals surface area contributed by atoms with Crippen LogP contribution in [0.15, 0.2) is 48.8 Å². The first-order chi connectivity index (χ1) is 16.6. The summed E-state index contributed by atoms with van der Waals surface area (Å²) >= 11 is 0. The molecule has 1 aromatic heterocycles. The van der Waals surface area contributed by atoms with Gasteiger partial charge >= 0.3 is 6.61 Å². The second-order valence-corrected chi connectivity index (χ2v) is 8.80. The predicted octanol–water partition coefficient (Wildman–Crippen LogP) is 3.34. The Morgan fingerprint density at radius 3 is 2.62 bits per heavy atom. The number of ether oxygens (including phenoxy) is 3. The molecule has 2 aliphatic heterocycles. The van der Waals surface area contributed by atoms with Gasteiger partial charge in [-0.1, -0.05) is 18.2 Å². The van der Waals surface area contributed by atoms with Crippen molar-refractivity contribution in [3.05, 3.63) is 59.9 Å².